The summed E-state index contributed by atoms with van der Waals surface area (Å²) in [5.41, 5.74) is 0. The van der Waals surface area contributed by atoms with Gasteiger partial charge in [0.05, 0.1) is 0 Å². The summed E-state index contributed by atoms with van der Waals surface area (Å²) in [6, 6.07) is 0. The van der Waals surface area contributed by atoms with Crippen molar-refractivity contribution in [2.24, 2.45) is 41.4 Å². The van der Waals surface area contributed by atoms with Gasteiger partial charge in [0.25, 0.3) is 0 Å². The third-order valence-corrected chi connectivity index (χ3v) is 8.89. The van der Waals surface area contributed by atoms with Crippen LogP contribution in [0.4, 0.5) is 0 Å². The molecule has 1 nitrogen and oxygen atoms in total. The number of aliphatic hydroxyl groups excluding tert-OH is 1. The van der Waals surface area contributed by atoms with E-state index in [0.29, 0.717) is 6.61 Å². The Morgan fingerprint density at radius 1 is 0.654 bits per heavy atom. The van der Waals surface area contributed by atoms with Crippen LogP contribution < -0.4 is 0 Å². The summed E-state index contributed by atoms with van der Waals surface area (Å²) in [5.74, 6) is 7.01. The highest BCUT2D eigenvalue weighted by Gasteiger charge is 2.37. The van der Waals surface area contributed by atoms with Gasteiger partial charge in [-0.15, -0.1) is 0 Å². The lowest BCUT2D eigenvalue weighted by molar-refractivity contribution is 0.0609. The molecule has 0 heterocycles. The number of rotatable bonds is 7. The summed E-state index contributed by atoms with van der Waals surface area (Å²) < 4.78 is 0. The van der Waals surface area contributed by atoms with E-state index in [4.69, 9.17) is 0 Å². The molecule has 26 heavy (non-hydrogen) atoms. The first-order chi connectivity index (χ1) is 12.7. The van der Waals surface area contributed by atoms with Crippen LogP contribution in [0.2, 0.25) is 0 Å². The molecule has 0 spiro atoms. The van der Waals surface area contributed by atoms with Crippen molar-refractivity contribution >= 4 is 0 Å². The Morgan fingerprint density at radius 2 is 1.23 bits per heavy atom. The van der Waals surface area contributed by atoms with Gasteiger partial charge >= 0.3 is 0 Å². The Kier molecular flexibility index (Phi) is 8.35. The molecule has 0 aromatic heterocycles. The molecule has 3 aliphatic rings. The minimum Gasteiger partial charge on any atom is -0.396 e. The van der Waals surface area contributed by atoms with E-state index in [1.807, 2.05) is 0 Å². The van der Waals surface area contributed by atoms with Gasteiger partial charge < -0.3 is 5.11 Å². The van der Waals surface area contributed by atoms with Crippen LogP contribution in [0.1, 0.15) is 110 Å². The second-order valence-corrected chi connectivity index (χ2v) is 10.3. The summed E-state index contributed by atoms with van der Waals surface area (Å²) in [4.78, 5) is 0. The average Bonchev–Trinajstić information content (AvgIpc) is 2.69. The van der Waals surface area contributed by atoms with E-state index in [1.54, 1.807) is 25.7 Å². The summed E-state index contributed by atoms with van der Waals surface area (Å²) in [5, 5.41) is 9.29. The highest BCUT2D eigenvalue weighted by atomic mass is 16.3. The molecule has 0 amide bonds. The molecule has 3 fully saturated rings. The van der Waals surface area contributed by atoms with Gasteiger partial charge in [-0.3, -0.25) is 0 Å². The predicted molar refractivity (Wildman–Crippen MR) is 112 cm³/mol. The maximum atomic E-state index is 9.29. The molecule has 3 atom stereocenters. The lowest BCUT2D eigenvalue weighted by atomic mass is 9.61. The fourth-order valence-electron chi connectivity index (χ4n) is 7.32. The van der Waals surface area contributed by atoms with E-state index in [-0.39, 0.29) is 0 Å². The molecule has 0 aromatic carbocycles. The van der Waals surface area contributed by atoms with E-state index in [9.17, 15) is 5.11 Å². The van der Waals surface area contributed by atoms with Gasteiger partial charge in [-0.1, -0.05) is 52.4 Å². The molecular formula is C25H46O. The molecule has 1 N–H and O–H groups in total. The monoisotopic (exact) mass is 362 g/mol. The van der Waals surface area contributed by atoms with Crippen molar-refractivity contribution in [1.82, 2.24) is 0 Å². The Labute approximate surface area is 163 Å². The Hall–Kier alpha value is -0.0400. The molecule has 0 aromatic rings. The normalized spacial score (nSPS) is 41.9. The molecule has 0 saturated heterocycles. The van der Waals surface area contributed by atoms with Gasteiger partial charge in [0.1, 0.15) is 0 Å². The first-order valence-corrected chi connectivity index (χ1v) is 12.4. The average molecular weight is 363 g/mol. The van der Waals surface area contributed by atoms with E-state index in [1.165, 1.54) is 64.2 Å². The molecule has 3 saturated carbocycles. The molecule has 1 heteroatoms. The van der Waals surface area contributed by atoms with E-state index >= 15 is 0 Å². The van der Waals surface area contributed by atoms with Crippen LogP contribution in [0.5, 0.6) is 0 Å². The van der Waals surface area contributed by atoms with Gasteiger partial charge in [-0.05, 0) is 99.2 Å². The summed E-state index contributed by atoms with van der Waals surface area (Å²) in [7, 11) is 0. The fraction of sp³-hybridized carbons (Fsp3) is 1.00. The van der Waals surface area contributed by atoms with Crippen molar-refractivity contribution in [3.63, 3.8) is 0 Å². The van der Waals surface area contributed by atoms with Gasteiger partial charge in [-0.25, -0.2) is 0 Å². The van der Waals surface area contributed by atoms with Gasteiger partial charge in [0.15, 0.2) is 0 Å². The van der Waals surface area contributed by atoms with Crippen LogP contribution in [0.25, 0.3) is 0 Å². The zero-order valence-electron chi connectivity index (χ0n) is 17.8. The largest absolute Gasteiger partial charge is 0.396 e. The number of aliphatic hydroxyl groups is 1. The minimum atomic E-state index is 0.400. The van der Waals surface area contributed by atoms with E-state index in [0.717, 1.165) is 47.8 Å². The quantitative estimate of drug-likeness (QED) is 0.506. The zero-order valence-corrected chi connectivity index (χ0v) is 17.8. The SMILES string of the molecule is CCCC1CCC(C2CCC(C3CCC(CCO)CC3CC)CC2)CC1. The zero-order chi connectivity index (χ0) is 18.4. The van der Waals surface area contributed by atoms with Crippen molar-refractivity contribution < 1.29 is 5.11 Å². The first kappa shape index (κ1) is 20.7. The van der Waals surface area contributed by atoms with Gasteiger partial charge in [-0.2, -0.15) is 0 Å². The van der Waals surface area contributed by atoms with E-state index in [2.05, 4.69) is 13.8 Å². The Balaban J connectivity index is 1.43. The third-order valence-electron chi connectivity index (χ3n) is 8.89. The lowest BCUT2D eigenvalue weighted by Crippen LogP contribution is -2.34. The second kappa shape index (κ2) is 10.5. The van der Waals surface area contributed by atoms with Crippen molar-refractivity contribution in [3.05, 3.63) is 0 Å². The maximum absolute atomic E-state index is 9.29. The predicted octanol–water partition coefficient (Wildman–Crippen LogP) is 7.22. The molecule has 0 aliphatic heterocycles. The molecule has 3 unspecified atom stereocenters. The van der Waals surface area contributed by atoms with Crippen LogP contribution in [-0.2, 0) is 0 Å². The fourth-order valence-corrected chi connectivity index (χ4v) is 7.32. The molecule has 0 radical (unpaired) electrons. The van der Waals surface area contributed by atoms with Crippen molar-refractivity contribution in [2.75, 3.05) is 6.61 Å². The van der Waals surface area contributed by atoms with Crippen molar-refractivity contribution in [3.8, 4) is 0 Å². The first-order valence-electron chi connectivity index (χ1n) is 12.4. The topological polar surface area (TPSA) is 20.2 Å². The summed E-state index contributed by atoms with van der Waals surface area (Å²) in [6.07, 6.45) is 21.9. The molecule has 3 aliphatic carbocycles. The highest BCUT2D eigenvalue weighted by Crippen LogP contribution is 2.48. The second-order valence-electron chi connectivity index (χ2n) is 10.3. The lowest BCUT2D eigenvalue weighted by Gasteiger charge is -2.44. The van der Waals surface area contributed by atoms with Gasteiger partial charge in [0.2, 0.25) is 0 Å². The number of hydrogen-bond donors (Lipinski definition) is 1. The molecule has 0 bridgehead atoms. The highest BCUT2D eigenvalue weighted by molar-refractivity contribution is 4.88. The molecule has 3 rings (SSSR count). The molecular weight excluding hydrogens is 316 g/mol. The van der Waals surface area contributed by atoms with Crippen molar-refractivity contribution in [1.29, 1.82) is 0 Å². The minimum absolute atomic E-state index is 0.400. The van der Waals surface area contributed by atoms with Crippen LogP contribution in [-0.4, -0.2) is 11.7 Å². The van der Waals surface area contributed by atoms with E-state index < -0.39 is 0 Å². The van der Waals surface area contributed by atoms with Crippen molar-refractivity contribution in [2.45, 2.75) is 110 Å². The summed E-state index contributed by atoms with van der Waals surface area (Å²) in [6.45, 7) is 5.17. The number of hydrogen-bond acceptors (Lipinski definition) is 1. The van der Waals surface area contributed by atoms with Crippen LogP contribution in [0.3, 0.4) is 0 Å². The summed E-state index contributed by atoms with van der Waals surface area (Å²) >= 11 is 0. The Bertz CT molecular complexity index is 376. The van der Waals surface area contributed by atoms with Crippen LogP contribution in [0, 0.1) is 41.4 Å². The molecule has 152 valence electrons. The Morgan fingerprint density at radius 3 is 1.81 bits per heavy atom. The maximum Gasteiger partial charge on any atom is 0.0433 e. The van der Waals surface area contributed by atoms with Crippen LogP contribution in [0.15, 0.2) is 0 Å². The standard InChI is InChI=1S/C25H46O/c1-3-5-19-6-9-22(10-7-19)23-11-13-24(14-12-23)25-15-8-20(16-17-26)18-21(25)4-2/h19-26H,3-18H2,1-2H3. The third kappa shape index (κ3) is 5.27. The smallest absolute Gasteiger partial charge is 0.0433 e. The van der Waals surface area contributed by atoms with Crippen LogP contribution >= 0.6 is 0 Å². The van der Waals surface area contributed by atoms with Gasteiger partial charge in [0, 0.05) is 6.61 Å².